The van der Waals surface area contributed by atoms with Crippen LogP contribution in [-0.2, 0) is 28.7 Å². The smallest absolute Gasteiger partial charge is 0.382 e. The summed E-state index contributed by atoms with van der Waals surface area (Å²) in [5.74, 6) is -4.34. The number of ether oxygens (including phenoxy) is 1. The van der Waals surface area contributed by atoms with Crippen LogP contribution < -0.4 is 21.3 Å². The van der Waals surface area contributed by atoms with Crippen LogP contribution in [-0.4, -0.2) is 81.0 Å². The highest BCUT2D eigenvalue weighted by Crippen LogP contribution is 2.04. The molecule has 0 heterocycles. The minimum Gasteiger partial charge on any atom is -0.480 e. The van der Waals surface area contributed by atoms with Crippen molar-refractivity contribution in [3.05, 3.63) is 0 Å². The molecule has 0 saturated carbocycles. The zero-order valence-electron chi connectivity index (χ0n) is 19.5. The predicted octanol–water partition coefficient (Wildman–Crippen LogP) is 0.126. The number of aliphatic carboxylic acids is 1. The summed E-state index contributed by atoms with van der Waals surface area (Å²) < 4.78 is 4.00. The van der Waals surface area contributed by atoms with Crippen molar-refractivity contribution in [3.63, 3.8) is 0 Å². The third kappa shape index (κ3) is 22.8. The van der Waals surface area contributed by atoms with Gasteiger partial charge in [0.15, 0.2) is 0 Å². The molecular formula is C22H40N4O7. The first kappa shape index (κ1) is 30.8. The van der Waals surface area contributed by atoms with Crippen molar-refractivity contribution in [2.75, 3.05) is 45.9 Å². The molecule has 0 fully saturated rings. The van der Waals surface area contributed by atoms with Gasteiger partial charge in [0.2, 0.25) is 12.1 Å². The van der Waals surface area contributed by atoms with Crippen LogP contribution in [0.4, 0.5) is 0 Å². The lowest BCUT2D eigenvalue weighted by Gasteiger charge is -2.07. The molecule has 0 amide bonds. The minimum absolute atomic E-state index is 0.0420. The number of hydrogen-bond donors (Lipinski definition) is 5. The van der Waals surface area contributed by atoms with E-state index >= 15 is 0 Å². The fraction of sp³-hybridized carbons (Fsp3) is 0.773. The molecule has 0 atom stereocenters. The molecule has 0 saturated heterocycles. The topological polar surface area (TPSA) is 163 Å². The average molecular weight is 473 g/mol. The quantitative estimate of drug-likeness (QED) is 0.0324. The number of esters is 2. The summed E-state index contributed by atoms with van der Waals surface area (Å²) in [6.07, 6.45) is 9.99. The number of aldehydes is 1. The molecule has 0 unspecified atom stereocenters. The highest BCUT2D eigenvalue weighted by molar-refractivity contribution is 6.38. The average Bonchev–Trinajstić information content (AvgIpc) is 2.79. The maximum absolute atomic E-state index is 11.4. The van der Waals surface area contributed by atoms with E-state index in [9.17, 15) is 24.0 Å². The molecule has 0 spiro atoms. The maximum Gasteiger partial charge on any atom is 0.382 e. The van der Waals surface area contributed by atoms with Crippen LogP contribution in [0.15, 0.2) is 0 Å². The van der Waals surface area contributed by atoms with Crippen LogP contribution in [0.25, 0.3) is 0 Å². The molecule has 11 heteroatoms. The number of ketones is 1. The lowest BCUT2D eigenvalue weighted by Crippen LogP contribution is -2.32. The number of hydrogen-bond acceptors (Lipinski definition) is 10. The van der Waals surface area contributed by atoms with Crippen LogP contribution in [0.1, 0.15) is 64.2 Å². The molecule has 0 rings (SSSR count). The molecule has 0 aliphatic carbocycles. The van der Waals surface area contributed by atoms with Crippen molar-refractivity contribution < 1.29 is 33.8 Å². The highest BCUT2D eigenvalue weighted by atomic mass is 16.6. The Labute approximate surface area is 195 Å². The van der Waals surface area contributed by atoms with Gasteiger partial charge < -0.3 is 31.1 Å². The molecule has 0 radical (unpaired) electrons. The largest absolute Gasteiger partial charge is 0.480 e. The van der Waals surface area contributed by atoms with E-state index in [0.717, 1.165) is 58.3 Å². The molecule has 11 nitrogen and oxygen atoms in total. The number of nitrogens with one attached hydrogen (secondary N) is 4. The van der Waals surface area contributed by atoms with Crippen LogP contribution >= 0.6 is 0 Å². The van der Waals surface area contributed by atoms with Gasteiger partial charge in [-0.15, -0.1) is 0 Å². The number of carbonyl (C=O) groups excluding carboxylic acids is 4. The number of Topliss-reactive ketones (excluding diaryl/α,β-unsaturated/α-hetero) is 1. The summed E-state index contributed by atoms with van der Waals surface area (Å²) in [6, 6.07) is 0. The van der Waals surface area contributed by atoms with Gasteiger partial charge in [-0.05, 0) is 51.9 Å². The summed E-state index contributed by atoms with van der Waals surface area (Å²) in [6.45, 7) is 4.49. The van der Waals surface area contributed by atoms with Gasteiger partial charge in [-0.1, -0.05) is 32.1 Å². The SMILES string of the molecule is O=CC(=O)OC(=O)C(=O)CCNCNCCCCCNCCCCCCCCNCC(=O)O. The van der Waals surface area contributed by atoms with Crippen molar-refractivity contribution in [1.29, 1.82) is 0 Å². The Morgan fingerprint density at radius 3 is 1.73 bits per heavy atom. The van der Waals surface area contributed by atoms with Gasteiger partial charge in [0.25, 0.3) is 0 Å². The van der Waals surface area contributed by atoms with Gasteiger partial charge in [-0.2, -0.15) is 0 Å². The van der Waals surface area contributed by atoms with E-state index in [0.29, 0.717) is 6.67 Å². The second kappa shape index (κ2) is 23.0. The number of carboxylic acids is 1. The molecule has 0 aliphatic heterocycles. The summed E-state index contributed by atoms with van der Waals surface area (Å²) in [7, 11) is 0. The molecule has 0 aromatic heterocycles. The zero-order chi connectivity index (χ0) is 24.6. The molecule has 5 N–H and O–H groups in total. The first-order valence-electron chi connectivity index (χ1n) is 11.8. The Morgan fingerprint density at radius 2 is 1.15 bits per heavy atom. The van der Waals surface area contributed by atoms with Gasteiger partial charge in [0, 0.05) is 19.6 Å². The van der Waals surface area contributed by atoms with Gasteiger partial charge in [-0.3, -0.25) is 14.4 Å². The number of carbonyl (C=O) groups is 5. The molecule has 0 aromatic rings. The van der Waals surface area contributed by atoms with E-state index in [1.54, 1.807) is 0 Å². The Hall–Kier alpha value is -2.21. The van der Waals surface area contributed by atoms with E-state index in [1.165, 1.54) is 25.7 Å². The third-order valence-corrected chi connectivity index (χ3v) is 4.74. The summed E-state index contributed by atoms with van der Waals surface area (Å²) in [5.41, 5.74) is 0. The molecular weight excluding hydrogens is 432 g/mol. The Bertz CT molecular complexity index is 573. The standard InChI is InChI=1S/C22H40N4O7/c27-17-21(31)33-22(32)19(28)10-15-26-18-25-14-9-5-8-12-23-11-6-3-1-2-4-7-13-24-16-20(29)30/h17,23-26H,1-16,18H2,(H,29,30). The van der Waals surface area contributed by atoms with Crippen molar-refractivity contribution in [3.8, 4) is 0 Å². The highest BCUT2D eigenvalue weighted by Gasteiger charge is 2.18. The Kier molecular flexibility index (Phi) is 21.4. The second-order valence-electron chi connectivity index (χ2n) is 7.68. The van der Waals surface area contributed by atoms with Gasteiger partial charge in [0.05, 0.1) is 6.54 Å². The van der Waals surface area contributed by atoms with Crippen LogP contribution in [0.2, 0.25) is 0 Å². The molecule has 0 bridgehead atoms. The number of rotatable bonds is 24. The van der Waals surface area contributed by atoms with Crippen LogP contribution in [0, 0.1) is 0 Å². The van der Waals surface area contributed by atoms with Crippen LogP contribution in [0.5, 0.6) is 0 Å². The first-order valence-corrected chi connectivity index (χ1v) is 11.8. The predicted molar refractivity (Wildman–Crippen MR) is 123 cm³/mol. The lowest BCUT2D eigenvalue weighted by molar-refractivity contribution is -0.165. The monoisotopic (exact) mass is 472 g/mol. The molecule has 0 aliphatic rings. The van der Waals surface area contributed by atoms with E-state index in [-0.39, 0.29) is 25.8 Å². The van der Waals surface area contributed by atoms with Crippen molar-refractivity contribution in [2.24, 2.45) is 0 Å². The van der Waals surface area contributed by atoms with E-state index in [4.69, 9.17) is 5.11 Å². The van der Waals surface area contributed by atoms with Crippen molar-refractivity contribution in [2.45, 2.75) is 64.2 Å². The number of unbranched alkanes of at least 4 members (excludes halogenated alkanes) is 7. The molecule has 33 heavy (non-hydrogen) atoms. The van der Waals surface area contributed by atoms with Gasteiger partial charge in [-0.25, -0.2) is 9.59 Å². The number of carboxylic acid groups (broad SMARTS) is 1. The van der Waals surface area contributed by atoms with Crippen LogP contribution in [0.3, 0.4) is 0 Å². The molecule has 0 aromatic carbocycles. The summed E-state index contributed by atoms with van der Waals surface area (Å²) in [4.78, 5) is 53.5. The van der Waals surface area contributed by atoms with Crippen molar-refractivity contribution >= 4 is 30.0 Å². The first-order chi connectivity index (χ1) is 16.0. The second-order valence-corrected chi connectivity index (χ2v) is 7.68. The van der Waals surface area contributed by atoms with Gasteiger partial charge >= 0.3 is 17.9 Å². The fourth-order valence-corrected chi connectivity index (χ4v) is 2.95. The Balaban J connectivity index is 3.22. The summed E-state index contributed by atoms with van der Waals surface area (Å²) in [5, 5.41) is 21.0. The maximum atomic E-state index is 11.4. The van der Waals surface area contributed by atoms with E-state index < -0.39 is 23.7 Å². The van der Waals surface area contributed by atoms with Crippen molar-refractivity contribution in [1.82, 2.24) is 21.3 Å². The van der Waals surface area contributed by atoms with Gasteiger partial charge in [0.1, 0.15) is 0 Å². The lowest BCUT2D eigenvalue weighted by atomic mass is 10.1. The Morgan fingerprint density at radius 1 is 0.667 bits per heavy atom. The normalized spacial score (nSPS) is 10.7. The van der Waals surface area contributed by atoms with E-state index in [2.05, 4.69) is 26.0 Å². The summed E-state index contributed by atoms with van der Waals surface area (Å²) >= 11 is 0. The zero-order valence-corrected chi connectivity index (χ0v) is 19.5. The minimum atomic E-state index is -1.37. The fourth-order valence-electron chi connectivity index (χ4n) is 2.95. The van der Waals surface area contributed by atoms with E-state index in [1.807, 2.05) is 0 Å². The molecule has 190 valence electrons. The third-order valence-electron chi connectivity index (χ3n) is 4.74.